The minimum Gasteiger partial charge on any atom is -0.363 e. The normalized spacial score (nSPS) is 19.6. The van der Waals surface area contributed by atoms with Gasteiger partial charge in [-0.3, -0.25) is 15.0 Å². The lowest BCUT2D eigenvalue weighted by molar-refractivity contribution is -0.126. The third-order valence-corrected chi connectivity index (χ3v) is 6.62. The average Bonchev–Trinajstić information content (AvgIpc) is 2.93. The molecule has 198 valence electrons. The number of amides is 2. The molecule has 7 nitrogen and oxygen atoms in total. The lowest BCUT2D eigenvalue weighted by Crippen LogP contribution is -2.36. The van der Waals surface area contributed by atoms with Crippen molar-refractivity contribution in [2.24, 2.45) is 0 Å². The molecule has 37 heavy (non-hydrogen) atoms. The standard InChI is InChI=1S/C30H41N5O2/c31-25-34-20-8-3-9-22-35(30(37)17-16-26-12-4-1-5-13-26)23-11-19-33-29(36)24-28(32-18-10-21-34)27-14-6-2-7-15-27/h1-2,4-7,12-17,25,28,31-32H,3,8-11,18-24H2,(H,33,36)/b17-16-,31-25?. The largest absolute Gasteiger partial charge is 0.363 e. The van der Waals surface area contributed by atoms with Crippen LogP contribution in [0, 0.1) is 5.41 Å². The van der Waals surface area contributed by atoms with Crippen LogP contribution in [0.3, 0.4) is 0 Å². The van der Waals surface area contributed by atoms with Crippen LogP contribution in [0.2, 0.25) is 0 Å². The Kier molecular flexibility index (Phi) is 12.4. The summed E-state index contributed by atoms with van der Waals surface area (Å²) in [7, 11) is 0. The summed E-state index contributed by atoms with van der Waals surface area (Å²) in [4.78, 5) is 29.6. The Bertz CT molecular complexity index is 980. The second-order valence-electron chi connectivity index (χ2n) is 9.47. The van der Waals surface area contributed by atoms with Crippen molar-refractivity contribution in [2.75, 3.05) is 39.3 Å². The summed E-state index contributed by atoms with van der Waals surface area (Å²) < 4.78 is 0. The van der Waals surface area contributed by atoms with Crippen LogP contribution in [0.15, 0.2) is 66.7 Å². The fourth-order valence-corrected chi connectivity index (χ4v) is 4.51. The molecule has 0 bridgehead atoms. The SMILES string of the molecule is N=CN1CCCCCN(C(=O)/C=C\c2ccccc2)CCCNC(=O)CC(c2ccccc2)NCCC1. The first-order valence-electron chi connectivity index (χ1n) is 13.5. The molecule has 2 amide bonds. The molecule has 1 heterocycles. The molecular weight excluding hydrogens is 462 g/mol. The van der Waals surface area contributed by atoms with Crippen LogP contribution < -0.4 is 10.6 Å². The maximum Gasteiger partial charge on any atom is 0.246 e. The number of nitrogens with one attached hydrogen (secondary N) is 3. The predicted molar refractivity (Wildman–Crippen MR) is 150 cm³/mol. The zero-order chi connectivity index (χ0) is 26.1. The van der Waals surface area contributed by atoms with Crippen LogP contribution in [-0.4, -0.2) is 67.2 Å². The summed E-state index contributed by atoms with van der Waals surface area (Å²) in [6, 6.07) is 19.8. The third kappa shape index (κ3) is 10.6. The number of carbonyl (C=O) groups is 2. The number of hydrogen-bond acceptors (Lipinski definition) is 4. The molecule has 1 aliphatic heterocycles. The smallest absolute Gasteiger partial charge is 0.246 e. The number of nitrogens with zero attached hydrogens (tertiary/aromatic N) is 2. The van der Waals surface area contributed by atoms with Gasteiger partial charge in [-0.1, -0.05) is 60.7 Å². The van der Waals surface area contributed by atoms with Gasteiger partial charge in [-0.05, 0) is 55.9 Å². The van der Waals surface area contributed by atoms with E-state index in [-0.39, 0.29) is 17.9 Å². The van der Waals surface area contributed by atoms with Crippen LogP contribution in [0.5, 0.6) is 0 Å². The third-order valence-electron chi connectivity index (χ3n) is 6.62. The molecule has 3 rings (SSSR count). The van der Waals surface area contributed by atoms with E-state index in [1.165, 1.54) is 6.34 Å². The zero-order valence-corrected chi connectivity index (χ0v) is 21.8. The quantitative estimate of drug-likeness (QED) is 0.331. The Hall–Kier alpha value is -3.45. The Balaban J connectivity index is 1.62. The van der Waals surface area contributed by atoms with Crippen LogP contribution in [0.4, 0.5) is 0 Å². The molecule has 0 spiro atoms. The van der Waals surface area contributed by atoms with Crippen LogP contribution in [-0.2, 0) is 9.59 Å². The van der Waals surface area contributed by atoms with Gasteiger partial charge in [0, 0.05) is 51.3 Å². The minimum atomic E-state index is -0.0604. The molecule has 7 heteroatoms. The van der Waals surface area contributed by atoms with Gasteiger partial charge in [0.25, 0.3) is 0 Å². The first kappa shape index (κ1) is 28.1. The highest BCUT2D eigenvalue weighted by Crippen LogP contribution is 2.16. The van der Waals surface area contributed by atoms with E-state index in [1.807, 2.05) is 76.5 Å². The van der Waals surface area contributed by atoms with Gasteiger partial charge in [0.2, 0.25) is 11.8 Å². The molecule has 2 aromatic rings. The van der Waals surface area contributed by atoms with Crippen molar-refractivity contribution in [3.8, 4) is 0 Å². The molecule has 1 atom stereocenters. The predicted octanol–water partition coefficient (Wildman–Crippen LogP) is 4.24. The highest BCUT2D eigenvalue weighted by atomic mass is 16.2. The number of carbonyl (C=O) groups excluding carboxylic acids is 2. The monoisotopic (exact) mass is 503 g/mol. The van der Waals surface area contributed by atoms with Crippen molar-refractivity contribution in [1.29, 1.82) is 5.41 Å². The van der Waals surface area contributed by atoms with E-state index in [0.717, 1.165) is 56.4 Å². The van der Waals surface area contributed by atoms with Gasteiger partial charge in [0.15, 0.2) is 0 Å². The second-order valence-corrected chi connectivity index (χ2v) is 9.47. The number of benzene rings is 2. The molecule has 0 aromatic heterocycles. The van der Waals surface area contributed by atoms with Gasteiger partial charge >= 0.3 is 0 Å². The zero-order valence-electron chi connectivity index (χ0n) is 21.8. The molecule has 1 aliphatic rings. The Morgan fingerprint density at radius 1 is 0.838 bits per heavy atom. The summed E-state index contributed by atoms with van der Waals surface area (Å²) in [6.07, 6.45) is 9.81. The molecule has 0 saturated carbocycles. The van der Waals surface area contributed by atoms with E-state index >= 15 is 0 Å². The molecule has 1 saturated heterocycles. The Morgan fingerprint density at radius 3 is 2.24 bits per heavy atom. The van der Waals surface area contributed by atoms with Crippen molar-refractivity contribution < 1.29 is 9.59 Å². The maximum atomic E-state index is 13.0. The number of rotatable bonds is 4. The lowest BCUT2D eigenvalue weighted by atomic mass is 10.0. The van der Waals surface area contributed by atoms with E-state index in [1.54, 1.807) is 6.08 Å². The van der Waals surface area contributed by atoms with Crippen LogP contribution >= 0.6 is 0 Å². The van der Waals surface area contributed by atoms with E-state index in [4.69, 9.17) is 5.41 Å². The van der Waals surface area contributed by atoms with E-state index in [0.29, 0.717) is 32.5 Å². The summed E-state index contributed by atoms with van der Waals surface area (Å²) in [5.74, 6) is 0.00415. The summed E-state index contributed by atoms with van der Waals surface area (Å²) in [5, 5.41) is 14.3. The molecule has 1 fully saturated rings. The van der Waals surface area contributed by atoms with Crippen LogP contribution in [0.25, 0.3) is 6.08 Å². The first-order chi connectivity index (χ1) is 18.2. The lowest BCUT2D eigenvalue weighted by Gasteiger charge is -2.24. The average molecular weight is 504 g/mol. The summed E-state index contributed by atoms with van der Waals surface area (Å²) in [6.45, 7) is 4.27. The van der Waals surface area contributed by atoms with Crippen molar-refractivity contribution >= 4 is 24.2 Å². The molecule has 3 N–H and O–H groups in total. The molecule has 0 aliphatic carbocycles. The fraction of sp³-hybridized carbons (Fsp3) is 0.433. The van der Waals surface area contributed by atoms with Crippen LogP contribution in [0.1, 0.15) is 55.7 Å². The summed E-state index contributed by atoms with van der Waals surface area (Å²) in [5.41, 5.74) is 2.09. The first-order valence-corrected chi connectivity index (χ1v) is 13.5. The molecule has 2 aromatic carbocycles. The van der Waals surface area contributed by atoms with Gasteiger partial charge in [-0.25, -0.2) is 0 Å². The minimum absolute atomic E-state index is 0.000886. The summed E-state index contributed by atoms with van der Waals surface area (Å²) >= 11 is 0. The topological polar surface area (TPSA) is 88.5 Å². The maximum absolute atomic E-state index is 13.0. The Morgan fingerprint density at radius 2 is 1.49 bits per heavy atom. The fourth-order valence-electron chi connectivity index (χ4n) is 4.51. The van der Waals surface area contributed by atoms with Crippen molar-refractivity contribution in [3.63, 3.8) is 0 Å². The highest BCUT2D eigenvalue weighted by Gasteiger charge is 2.16. The van der Waals surface area contributed by atoms with Crippen molar-refractivity contribution in [1.82, 2.24) is 20.4 Å². The molecule has 0 radical (unpaired) electrons. The molecule has 1 unspecified atom stereocenters. The van der Waals surface area contributed by atoms with Crippen molar-refractivity contribution in [3.05, 3.63) is 77.9 Å². The highest BCUT2D eigenvalue weighted by molar-refractivity contribution is 5.91. The van der Waals surface area contributed by atoms with Gasteiger partial charge < -0.3 is 20.4 Å². The van der Waals surface area contributed by atoms with E-state index < -0.39 is 0 Å². The number of hydrogen-bond donors (Lipinski definition) is 3. The van der Waals surface area contributed by atoms with Gasteiger partial charge in [-0.2, -0.15) is 0 Å². The van der Waals surface area contributed by atoms with Gasteiger partial charge in [0.05, 0.1) is 6.34 Å². The van der Waals surface area contributed by atoms with Crippen molar-refractivity contribution in [2.45, 2.75) is 44.6 Å². The van der Waals surface area contributed by atoms with E-state index in [9.17, 15) is 9.59 Å². The molecular formula is C30H41N5O2. The Labute approximate surface area is 221 Å². The van der Waals surface area contributed by atoms with E-state index in [2.05, 4.69) is 10.6 Å². The second kappa shape index (κ2) is 16.3. The van der Waals surface area contributed by atoms with Gasteiger partial charge in [0.1, 0.15) is 0 Å². The van der Waals surface area contributed by atoms with Gasteiger partial charge in [-0.15, -0.1) is 0 Å².